The summed E-state index contributed by atoms with van der Waals surface area (Å²) in [7, 11) is 0. The van der Waals surface area contributed by atoms with Crippen LogP contribution in [0.2, 0.25) is 0 Å². The lowest BCUT2D eigenvalue weighted by molar-refractivity contribution is -0.181. The molecule has 1 aromatic heterocycles. The summed E-state index contributed by atoms with van der Waals surface area (Å²) in [6, 6.07) is 1.11. The van der Waals surface area contributed by atoms with E-state index in [-0.39, 0.29) is 24.0 Å². The fourth-order valence-electron chi connectivity index (χ4n) is 3.94. The number of nitrogens with one attached hydrogen (secondary N) is 1. The first-order valence-corrected chi connectivity index (χ1v) is 10.3. The maximum Gasteiger partial charge on any atom is 0.403 e. The standard InChI is InChI=1S/C19H31F3N6.HI/c1-3-23-18(27-12-10-26(11-13-27)15(2)19(20,21)22)24-14-16-8-9-28(25-16)17-6-4-5-7-17;/h8-9,15,17H,3-7,10-14H2,1-2H3,(H,23,24);1H. The van der Waals surface area contributed by atoms with Gasteiger partial charge in [-0.2, -0.15) is 18.3 Å². The molecule has 1 N–H and O–H groups in total. The van der Waals surface area contributed by atoms with Crippen molar-refractivity contribution in [3.05, 3.63) is 18.0 Å². The number of guanidine groups is 1. The number of halogens is 4. The van der Waals surface area contributed by atoms with Crippen LogP contribution in [0, 0.1) is 0 Å². The second-order valence-electron chi connectivity index (χ2n) is 7.64. The summed E-state index contributed by atoms with van der Waals surface area (Å²) in [5, 5.41) is 7.92. The molecule has 10 heteroatoms. The minimum absolute atomic E-state index is 0. The predicted octanol–water partition coefficient (Wildman–Crippen LogP) is 3.65. The number of hydrogen-bond donors (Lipinski definition) is 1. The molecule has 1 aliphatic heterocycles. The smallest absolute Gasteiger partial charge is 0.357 e. The van der Waals surface area contributed by atoms with Gasteiger partial charge in [0.15, 0.2) is 5.96 Å². The van der Waals surface area contributed by atoms with Crippen molar-refractivity contribution >= 4 is 29.9 Å². The minimum Gasteiger partial charge on any atom is -0.357 e. The maximum absolute atomic E-state index is 12.9. The van der Waals surface area contributed by atoms with Crippen molar-refractivity contribution < 1.29 is 13.2 Å². The SMILES string of the molecule is CCNC(=NCc1ccn(C2CCCC2)n1)N1CCN(C(C)C(F)(F)F)CC1.I. The maximum atomic E-state index is 12.9. The molecule has 1 saturated carbocycles. The van der Waals surface area contributed by atoms with Gasteiger partial charge in [0.25, 0.3) is 0 Å². The molecule has 29 heavy (non-hydrogen) atoms. The Hall–Kier alpha value is -1.04. The van der Waals surface area contributed by atoms with Crippen molar-refractivity contribution in [1.29, 1.82) is 0 Å². The van der Waals surface area contributed by atoms with Crippen LogP contribution in [-0.4, -0.2) is 70.5 Å². The van der Waals surface area contributed by atoms with Crippen LogP contribution in [-0.2, 0) is 6.54 Å². The number of aliphatic imine (C=N–C) groups is 1. The van der Waals surface area contributed by atoms with Gasteiger partial charge in [-0.15, -0.1) is 24.0 Å². The van der Waals surface area contributed by atoms with Crippen molar-refractivity contribution in [3.63, 3.8) is 0 Å². The Bertz CT molecular complexity index is 649. The molecule has 2 heterocycles. The fraction of sp³-hybridized carbons (Fsp3) is 0.789. The minimum atomic E-state index is -4.18. The van der Waals surface area contributed by atoms with Crippen LogP contribution >= 0.6 is 24.0 Å². The van der Waals surface area contributed by atoms with Crippen LogP contribution in [0.1, 0.15) is 51.3 Å². The molecule has 1 saturated heterocycles. The normalized spacial score (nSPS) is 20.6. The molecular formula is C19H32F3IN6. The number of alkyl halides is 3. The van der Waals surface area contributed by atoms with E-state index in [1.54, 1.807) is 0 Å². The second-order valence-corrected chi connectivity index (χ2v) is 7.64. The third-order valence-electron chi connectivity index (χ3n) is 5.72. The first kappa shape index (κ1) is 24.2. The van der Waals surface area contributed by atoms with E-state index in [9.17, 15) is 13.2 Å². The van der Waals surface area contributed by atoms with Gasteiger partial charge in [0.05, 0.1) is 18.3 Å². The molecule has 3 rings (SSSR count). The fourth-order valence-corrected chi connectivity index (χ4v) is 3.94. The van der Waals surface area contributed by atoms with Crippen molar-refractivity contribution in [2.75, 3.05) is 32.7 Å². The van der Waals surface area contributed by atoms with E-state index in [0.29, 0.717) is 45.3 Å². The van der Waals surface area contributed by atoms with Crippen molar-refractivity contribution in [3.8, 4) is 0 Å². The highest BCUT2D eigenvalue weighted by Gasteiger charge is 2.41. The summed E-state index contributed by atoms with van der Waals surface area (Å²) >= 11 is 0. The summed E-state index contributed by atoms with van der Waals surface area (Å²) in [5.41, 5.74) is 0.923. The van der Waals surface area contributed by atoms with E-state index in [1.165, 1.54) is 37.5 Å². The van der Waals surface area contributed by atoms with E-state index in [2.05, 4.69) is 20.1 Å². The molecule has 0 bridgehead atoms. The zero-order valence-corrected chi connectivity index (χ0v) is 19.5. The molecule has 0 amide bonds. The van der Waals surface area contributed by atoms with Crippen LogP contribution in [0.4, 0.5) is 13.2 Å². The van der Waals surface area contributed by atoms with Crippen molar-refractivity contribution in [2.24, 2.45) is 4.99 Å². The molecule has 2 fully saturated rings. The number of nitrogens with zero attached hydrogens (tertiary/aromatic N) is 5. The predicted molar refractivity (Wildman–Crippen MR) is 119 cm³/mol. The Labute approximate surface area is 187 Å². The van der Waals surface area contributed by atoms with Gasteiger partial charge in [0.1, 0.15) is 6.04 Å². The summed E-state index contributed by atoms with van der Waals surface area (Å²) < 4.78 is 40.9. The lowest BCUT2D eigenvalue weighted by atomic mass is 10.2. The summed E-state index contributed by atoms with van der Waals surface area (Å²) in [6.45, 7) is 6.23. The highest BCUT2D eigenvalue weighted by molar-refractivity contribution is 14.0. The molecule has 0 spiro atoms. The number of hydrogen-bond acceptors (Lipinski definition) is 3. The number of piperazine rings is 1. The lowest BCUT2D eigenvalue weighted by Gasteiger charge is -2.39. The molecule has 1 aliphatic carbocycles. The van der Waals surface area contributed by atoms with E-state index in [0.717, 1.165) is 11.7 Å². The monoisotopic (exact) mass is 528 g/mol. The average molecular weight is 528 g/mol. The molecule has 6 nitrogen and oxygen atoms in total. The zero-order chi connectivity index (χ0) is 20.1. The van der Waals surface area contributed by atoms with Gasteiger partial charge < -0.3 is 10.2 Å². The highest BCUT2D eigenvalue weighted by Crippen LogP contribution is 2.28. The van der Waals surface area contributed by atoms with Gasteiger partial charge in [-0.05, 0) is 32.8 Å². The molecule has 2 aliphatic rings. The third-order valence-corrected chi connectivity index (χ3v) is 5.72. The first-order chi connectivity index (χ1) is 13.4. The van der Waals surface area contributed by atoms with Crippen molar-refractivity contribution in [1.82, 2.24) is 24.9 Å². The summed E-state index contributed by atoms with van der Waals surface area (Å²) in [6.07, 6.45) is 2.76. The zero-order valence-electron chi connectivity index (χ0n) is 17.2. The van der Waals surface area contributed by atoms with Crippen LogP contribution in [0.5, 0.6) is 0 Å². The average Bonchev–Trinajstić information content (AvgIpc) is 3.35. The van der Waals surface area contributed by atoms with Gasteiger partial charge in [-0.1, -0.05) is 12.8 Å². The van der Waals surface area contributed by atoms with Crippen LogP contribution in [0.3, 0.4) is 0 Å². The number of rotatable bonds is 5. The molecule has 0 radical (unpaired) electrons. The van der Waals surface area contributed by atoms with Gasteiger partial charge in [-0.3, -0.25) is 9.58 Å². The molecule has 1 atom stereocenters. The topological polar surface area (TPSA) is 48.7 Å². The van der Waals surface area contributed by atoms with E-state index < -0.39 is 12.2 Å². The molecule has 1 aromatic rings. The molecule has 166 valence electrons. The van der Waals surface area contributed by atoms with Gasteiger partial charge >= 0.3 is 6.18 Å². The van der Waals surface area contributed by atoms with E-state index >= 15 is 0 Å². The molecule has 0 aromatic carbocycles. The Balaban J connectivity index is 0.00000300. The Kier molecular flexibility index (Phi) is 9.05. The first-order valence-electron chi connectivity index (χ1n) is 10.3. The van der Waals surface area contributed by atoms with Gasteiger partial charge in [0, 0.05) is 38.9 Å². The Morgan fingerprint density at radius 3 is 2.48 bits per heavy atom. The molecule has 1 unspecified atom stereocenters. The summed E-state index contributed by atoms with van der Waals surface area (Å²) in [4.78, 5) is 8.21. The Morgan fingerprint density at radius 1 is 1.24 bits per heavy atom. The third kappa shape index (κ3) is 6.47. The van der Waals surface area contributed by atoms with Gasteiger partial charge in [-0.25, -0.2) is 4.99 Å². The number of aromatic nitrogens is 2. The summed E-state index contributed by atoms with van der Waals surface area (Å²) in [5.74, 6) is 0.747. The second kappa shape index (κ2) is 10.8. The van der Waals surface area contributed by atoms with Crippen LogP contribution < -0.4 is 5.32 Å². The van der Waals surface area contributed by atoms with Crippen molar-refractivity contribution in [2.45, 2.75) is 64.3 Å². The van der Waals surface area contributed by atoms with E-state index in [1.807, 2.05) is 24.1 Å². The highest BCUT2D eigenvalue weighted by atomic mass is 127. The van der Waals surface area contributed by atoms with Crippen LogP contribution in [0.25, 0.3) is 0 Å². The largest absolute Gasteiger partial charge is 0.403 e. The van der Waals surface area contributed by atoms with Gasteiger partial charge in [0.2, 0.25) is 0 Å². The van der Waals surface area contributed by atoms with Crippen LogP contribution in [0.15, 0.2) is 17.3 Å². The van der Waals surface area contributed by atoms with E-state index in [4.69, 9.17) is 0 Å². The Morgan fingerprint density at radius 2 is 1.90 bits per heavy atom. The molecular weight excluding hydrogens is 496 g/mol. The lowest BCUT2D eigenvalue weighted by Crippen LogP contribution is -2.56. The quantitative estimate of drug-likeness (QED) is 0.360.